The molecule has 0 radical (unpaired) electrons. The molecule has 92 valence electrons. The summed E-state index contributed by atoms with van der Waals surface area (Å²) in [6.45, 7) is 2.92. The Morgan fingerprint density at radius 3 is 2.44 bits per heavy atom. The molecule has 0 aromatic rings. The lowest BCUT2D eigenvalue weighted by molar-refractivity contribution is -0.137. The van der Waals surface area contributed by atoms with Gasteiger partial charge in [0.2, 0.25) is 9.05 Å². The van der Waals surface area contributed by atoms with Crippen molar-refractivity contribution in [1.29, 1.82) is 0 Å². The highest BCUT2D eigenvalue weighted by Crippen LogP contribution is 2.15. The van der Waals surface area contributed by atoms with Crippen LogP contribution in [0.4, 0.5) is 0 Å². The van der Waals surface area contributed by atoms with Crippen LogP contribution >= 0.6 is 10.7 Å². The maximum Gasteiger partial charge on any atom is 0.330 e. The zero-order valence-electron chi connectivity index (χ0n) is 8.26. The first-order valence-electron chi connectivity index (χ1n) is 4.21. The average Bonchev–Trinajstić information content (AvgIpc) is 2.13. The molecule has 8 heteroatoms. The van der Waals surface area contributed by atoms with Gasteiger partial charge in [0.15, 0.2) is 0 Å². The molecule has 0 fully saturated rings. The number of ether oxygens (including phenoxy) is 1. The molecule has 0 aliphatic rings. The summed E-state index contributed by atoms with van der Waals surface area (Å²) < 4.78 is 26.4. The summed E-state index contributed by atoms with van der Waals surface area (Å²) in [6, 6.07) is 0. The van der Waals surface area contributed by atoms with E-state index < -0.39 is 32.7 Å². The number of aliphatic carboxylic acids is 1. The summed E-state index contributed by atoms with van der Waals surface area (Å²) in [5.41, 5.74) is 0. The van der Waals surface area contributed by atoms with Crippen LogP contribution in [0.25, 0.3) is 0 Å². The van der Waals surface area contributed by atoms with Crippen LogP contribution in [-0.2, 0) is 23.4 Å². The number of rotatable bonds is 7. The van der Waals surface area contributed by atoms with E-state index in [9.17, 15) is 18.0 Å². The molecule has 0 amide bonds. The van der Waals surface area contributed by atoms with E-state index in [2.05, 4.69) is 11.3 Å². The van der Waals surface area contributed by atoms with Gasteiger partial charge in [-0.25, -0.2) is 13.2 Å². The quantitative estimate of drug-likeness (QED) is 0.411. The molecule has 0 aliphatic heterocycles. The number of carboxylic acid groups (broad SMARTS) is 1. The minimum atomic E-state index is -3.99. The molecule has 0 aromatic heterocycles. The number of halogens is 1. The third kappa shape index (κ3) is 6.41. The predicted molar refractivity (Wildman–Crippen MR) is 56.6 cm³/mol. The largest absolute Gasteiger partial charge is 0.481 e. The molecule has 1 unspecified atom stereocenters. The molecule has 0 aliphatic carbocycles. The van der Waals surface area contributed by atoms with Crippen LogP contribution in [0.3, 0.4) is 0 Å². The highest BCUT2D eigenvalue weighted by molar-refractivity contribution is 8.14. The molecule has 16 heavy (non-hydrogen) atoms. The predicted octanol–water partition coefficient (Wildman–Crippen LogP) is 0.518. The maximum absolute atomic E-state index is 11.0. The van der Waals surface area contributed by atoms with Crippen molar-refractivity contribution in [2.24, 2.45) is 0 Å². The van der Waals surface area contributed by atoms with Gasteiger partial charge in [-0.05, 0) is 0 Å². The summed E-state index contributed by atoms with van der Waals surface area (Å²) >= 11 is 0. The second kappa shape index (κ2) is 6.49. The van der Waals surface area contributed by atoms with Crippen molar-refractivity contribution in [2.75, 3.05) is 6.61 Å². The van der Waals surface area contributed by atoms with Crippen LogP contribution in [-0.4, -0.2) is 37.3 Å². The Balaban J connectivity index is 4.29. The molecular formula is C8H11ClO6S. The fourth-order valence-electron chi connectivity index (χ4n) is 0.887. The highest BCUT2D eigenvalue weighted by atomic mass is 35.7. The Bertz CT molecular complexity index is 374. The zero-order valence-corrected chi connectivity index (χ0v) is 9.83. The van der Waals surface area contributed by atoms with Gasteiger partial charge in [-0.3, -0.25) is 4.79 Å². The third-order valence-corrected chi connectivity index (χ3v) is 3.61. The van der Waals surface area contributed by atoms with Crippen molar-refractivity contribution in [1.82, 2.24) is 0 Å². The van der Waals surface area contributed by atoms with E-state index in [1.807, 2.05) is 0 Å². The van der Waals surface area contributed by atoms with Crippen molar-refractivity contribution >= 4 is 31.7 Å². The number of carboxylic acids is 1. The lowest BCUT2D eigenvalue weighted by Gasteiger charge is -2.10. The molecular weight excluding hydrogens is 260 g/mol. The van der Waals surface area contributed by atoms with E-state index in [0.29, 0.717) is 0 Å². The summed E-state index contributed by atoms with van der Waals surface area (Å²) in [6.07, 6.45) is 0.122. The van der Waals surface area contributed by atoms with E-state index in [-0.39, 0.29) is 13.0 Å². The lowest BCUT2D eigenvalue weighted by Crippen LogP contribution is -2.22. The highest BCUT2D eigenvalue weighted by Gasteiger charge is 2.26. The molecule has 0 heterocycles. The Hall–Kier alpha value is -1.08. The van der Waals surface area contributed by atoms with Crippen LogP contribution in [0.15, 0.2) is 12.7 Å². The Morgan fingerprint density at radius 2 is 2.06 bits per heavy atom. The fourth-order valence-corrected chi connectivity index (χ4v) is 2.06. The van der Waals surface area contributed by atoms with Gasteiger partial charge in [-0.2, -0.15) is 0 Å². The van der Waals surface area contributed by atoms with Crippen molar-refractivity contribution < 1.29 is 27.9 Å². The molecule has 0 bridgehead atoms. The smallest absolute Gasteiger partial charge is 0.330 e. The Labute approximate surface area is 97.3 Å². The standard InChI is InChI=1S/C8H11ClO6S/c1-2-8(12)15-4-3-6(5-7(10)11)16(9,13)14/h2,6H,1,3-5H2,(H,10,11). The van der Waals surface area contributed by atoms with E-state index >= 15 is 0 Å². The first-order valence-corrected chi connectivity index (χ1v) is 6.59. The SMILES string of the molecule is C=CC(=O)OCCC(CC(=O)O)S(=O)(=O)Cl. The minimum absolute atomic E-state index is 0.169. The van der Waals surface area contributed by atoms with E-state index in [1.165, 1.54) is 0 Å². The third-order valence-electron chi connectivity index (χ3n) is 1.65. The zero-order chi connectivity index (χ0) is 12.8. The summed E-state index contributed by atoms with van der Waals surface area (Å²) in [5.74, 6) is -2.00. The van der Waals surface area contributed by atoms with Crippen LogP contribution in [0.2, 0.25) is 0 Å². The van der Waals surface area contributed by atoms with Crippen LogP contribution in [0.5, 0.6) is 0 Å². The molecule has 1 N–H and O–H groups in total. The van der Waals surface area contributed by atoms with Gasteiger partial charge in [-0.15, -0.1) is 0 Å². The van der Waals surface area contributed by atoms with Crippen LogP contribution < -0.4 is 0 Å². The average molecular weight is 271 g/mol. The van der Waals surface area contributed by atoms with E-state index in [1.54, 1.807) is 0 Å². The van der Waals surface area contributed by atoms with Crippen molar-refractivity contribution in [3.8, 4) is 0 Å². The molecule has 1 atom stereocenters. The molecule has 6 nitrogen and oxygen atoms in total. The van der Waals surface area contributed by atoms with Gasteiger partial charge < -0.3 is 9.84 Å². The maximum atomic E-state index is 11.0. The second-order valence-corrected chi connectivity index (χ2v) is 5.76. The summed E-state index contributed by atoms with van der Waals surface area (Å²) in [5, 5.41) is 7.18. The van der Waals surface area contributed by atoms with Crippen molar-refractivity contribution in [3.63, 3.8) is 0 Å². The molecule has 0 aromatic carbocycles. The van der Waals surface area contributed by atoms with Gasteiger partial charge >= 0.3 is 11.9 Å². The van der Waals surface area contributed by atoms with Gasteiger partial charge in [0.25, 0.3) is 0 Å². The first-order chi connectivity index (χ1) is 7.27. The topological polar surface area (TPSA) is 97.7 Å². The monoisotopic (exact) mass is 270 g/mol. The molecule has 0 saturated heterocycles. The number of carbonyl (C=O) groups excluding carboxylic acids is 1. The van der Waals surface area contributed by atoms with Gasteiger partial charge in [-0.1, -0.05) is 6.58 Å². The lowest BCUT2D eigenvalue weighted by atomic mass is 10.2. The Kier molecular flexibility index (Phi) is 6.05. The number of carbonyl (C=O) groups is 2. The Morgan fingerprint density at radius 1 is 1.50 bits per heavy atom. The number of hydrogen-bond acceptors (Lipinski definition) is 5. The summed E-state index contributed by atoms with van der Waals surface area (Å²) in [7, 11) is 1.05. The fraction of sp³-hybridized carbons (Fsp3) is 0.500. The van der Waals surface area contributed by atoms with Crippen LogP contribution in [0.1, 0.15) is 12.8 Å². The van der Waals surface area contributed by atoms with Crippen molar-refractivity contribution in [3.05, 3.63) is 12.7 Å². The van der Waals surface area contributed by atoms with Gasteiger partial charge in [0, 0.05) is 23.2 Å². The van der Waals surface area contributed by atoms with Gasteiger partial charge in [0.05, 0.1) is 18.3 Å². The summed E-state index contributed by atoms with van der Waals surface area (Å²) in [4.78, 5) is 21.0. The van der Waals surface area contributed by atoms with Gasteiger partial charge in [0.1, 0.15) is 0 Å². The molecule has 0 spiro atoms. The molecule has 0 saturated carbocycles. The second-order valence-electron chi connectivity index (χ2n) is 2.86. The normalized spacial score (nSPS) is 12.8. The number of esters is 1. The van der Waals surface area contributed by atoms with E-state index in [0.717, 1.165) is 6.08 Å². The molecule has 0 rings (SSSR count). The van der Waals surface area contributed by atoms with Crippen molar-refractivity contribution in [2.45, 2.75) is 18.1 Å². The van der Waals surface area contributed by atoms with Crippen LogP contribution in [0, 0.1) is 0 Å². The minimum Gasteiger partial charge on any atom is -0.481 e. The number of hydrogen-bond donors (Lipinski definition) is 1. The first kappa shape index (κ1) is 14.9. The van der Waals surface area contributed by atoms with E-state index in [4.69, 9.17) is 15.8 Å².